The van der Waals surface area contributed by atoms with Crippen molar-refractivity contribution in [1.82, 2.24) is 15.2 Å². The number of fused-ring (bicyclic) bond motifs is 1. The van der Waals surface area contributed by atoms with Crippen molar-refractivity contribution in [3.63, 3.8) is 0 Å². The molecule has 0 atom stereocenters. The number of nitrogens with one attached hydrogen (secondary N) is 3. The zero-order valence-electron chi connectivity index (χ0n) is 17.5. The Balaban J connectivity index is 1.50. The first-order valence-corrected chi connectivity index (χ1v) is 11.9. The Kier molecular flexibility index (Phi) is 6.75. The quantitative estimate of drug-likeness (QED) is 0.302. The monoisotopic (exact) mass is 458 g/mol. The van der Waals surface area contributed by atoms with Crippen molar-refractivity contribution in [2.45, 2.75) is 24.3 Å². The standard InChI is InChI=1S/C22H26N4O5S/c27-22(25-28)10-9-19-18-3-1-2-4-20(18)24-21(19)15-23-32(29,30)17-7-5-16(6-8-17)26-11-13-31-14-12-26/h1-8,23-24,28H,9-15H2,(H,25,27). The highest BCUT2D eigenvalue weighted by Gasteiger charge is 2.19. The lowest BCUT2D eigenvalue weighted by Crippen LogP contribution is -2.36. The Morgan fingerprint density at radius 3 is 2.53 bits per heavy atom. The van der Waals surface area contributed by atoms with E-state index < -0.39 is 15.9 Å². The molecule has 3 aromatic rings. The fourth-order valence-electron chi connectivity index (χ4n) is 3.89. The van der Waals surface area contributed by atoms with Gasteiger partial charge in [0.1, 0.15) is 0 Å². The number of hydrogen-bond donors (Lipinski definition) is 4. The average Bonchev–Trinajstić information content (AvgIpc) is 3.19. The van der Waals surface area contributed by atoms with Crippen LogP contribution in [-0.4, -0.2) is 50.8 Å². The van der Waals surface area contributed by atoms with Crippen LogP contribution in [0, 0.1) is 0 Å². The molecular formula is C22H26N4O5S. The molecule has 4 N–H and O–H groups in total. The number of H-pyrrole nitrogens is 1. The van der Waals surface area contributed by atoms with Crippen LogP contribution in [0.3, 0.4) is 0 Å². The molecule has 170 valence electrons. The van der Waals surface area contributed by atoms with E-state index in [4.69, 9.17) is 9.94 Å². The first-order valence-electron chi connectivity index (χ1n) is 10.4. The van der Waals surface area contributed by atoms with Crippen molar-refractivity contribution >= 4 is 32.5 Å². The summed E-state index contributed by atoms with van der Waals surface area (Å²) >= 11 is 0. The summed E-state index contributed by atoms with van der Waals surface area (Å²) in [4.78, 5) is 17.1. The normalized spacial score (nSPS) is 14.6. The molecule has 0 saturated carbocycles. The fraction of sp³-hybridized carbons (Fsp3) is 0.318. The topological polar surface area (TPSA) is 124 Å². The van der Waals surface area contributed by atoms with Gasteiger partial charge in [-0.1, -0.05) is 18.2 Å². The summed E-state index contributed by atoms with van der Waals surface area (Å²) in [6.45, 7) is 2.94. The number of carbonyl (C=O) groups excluding carboxylic acids is 1. The minimum Gasteiger partial charge on any atom is -0.378 e. The minimum absolute atomic E-state index is 0.0539. The van der Waals surface area contributed by atoms with E-state index in [0.29, 0.717) is 25.3 Å². The minimum atomic E-state index is -3.73. The van der Waals surface area contributed by atoms with Gasteiger partial charge in [0.25, 0.3) is 0 Å². The van der Waals surface area contributed by atoms with Crippen LogP contribution in [0.2, 0.25) is 0 Å². The molecule has 0 bridgehead atoms. The number of aryl methyl sites for hydroxylation is 1. The van der Waals surface area contributed by atoms with Gasteiger partial charge in [0, 0.05) is 41.8 Å². The SMILES string of the molecule is O=C(CCc1c(CNS(=O)(=O)c2ccc(N3CCOCC3)cc2)[nH]c2ccccc12)NO. The number of aromatic amines is 1. The summed E-state index contributed by atoms with van der Waals surface area (Å²) < 4.78 is 33.8. The van der Waals surface area contributed by atoms with E-state index >= 15 is 0 Å². The van der Waals surface area contributed by atoms with Crippen LogP contribution in [0.4, 0.5) is 5.69 Å². The predicted molar refractivity (Wildman–Crippen MR) is 120 cm³/mol. The average molecular weight is 459 g/mol. The molecule has 32 heavy (non-hydrogen) atoms. The van der Waals surface area contributed by atoms with Crippen molar-refractivity contribution in [3.05, 3.63) is 59.8 Å². The molecule has 0 unspecified atom stereocenters. The van der Waals surface area contributed by atoms with Gasteiger partial charge in [-0.3, -0.25) is 10.0 Å². The number of hydroxylamine groups is 1. The van der Waals surface area contributed by atoms with Crippen molar-refractivity contribution in [3.8, 4) is 0 Å². The summed E-state index contributed by atoms with van der Waals surface area (Å²) in [5.74, 6) is -0.498. The molecule has 1 aliphatic rings. The first kappa shape index (κ1) is 22.3. The molecule has 9 nitrogen and oxygen atoms in total. The second-order valence-electron chi connectivity index (χ2n) is 7.58. The van der Waals surface area contributed by atoms with Crippen LogP contribution in [-0.2, 0) is 32.5 Å². The van der Waals surface area contributed by atoms with Crippen LogP contribution < -0.4 is 15.1 Å². The van der Waals surface area contributed by atoms with E-state index in [0.717, 1.165) is 35.2 Å². The van der Waals surface area contributed by atoms with Gasteiger partial charge in [0.15, 0.2) is 0 Å². The summed E-state index contributed by atoms with van der Waals surface area (Å²) in [7, 11) is -3.73. The maximum Gasteiger partial charge on any atom is 0.243 e. The number of amides is 1. The second-order valence-corrected chi connectivity index (χ2v) is 9.35. The summed E-state index contributed by atoms with van der Waals surface area (Å²) in [5, 5.41) is 9.70. The molecule has 1 aliphatic heterocycles. The number of ether oxygens (including phenoxy) is 1. The second kappa shape index (κ2) is 9.70. The van der Waals surface area contributed by atoms with Crippen molar-refractivity contribution < 1.29 is 23.2 Å². The molecular weight excluding hydrogens is 432 g/mol. The van der Waals surface area contributed by atoms with E-state index in [1.54, 1.807) is 17.6 Å². The summed E-state index contributed by atoms with van der Waals surface area (Å²) in [5.41, 5.74) is 4.98. The Bertz CT molecular complexity index is 1180. The fourth-order valence-corrected chi connectivity index (χ4v) is 4.89. The number of morpholine rings is 1. The smallest absolute Gasteiger partial charge is 0.243 e. The highest BCUT2D eigenvalue weighted by atomic mass is 32.2. The number of aromatic nitrogens is 1. The molecule has 1 aromatic heterocycles. The van der Waals surface area contributed by atoms with Gasteiger partial charge < -0.3 is 14.6 Å². The Morgan fingerprint density at radius 1 is 1.09 bits per heavy atom. The summed E-state index contributed by atoms with van der Waals surface area (Å²) in [6.07, 6.45) is 0.447. The third-order valence-electron chi connectivity index (χ3n) is 5.59. The third-order valence-corrected chi connectivity index (χ3v) is 7.01. The first-order chi connectivity index (χ1) is 15.5. The number of hydrogen-bond acceptors (Lipinski definition) is 6. The zero-order valence-corrected chi connectivity index (χ0v) is 18.3. The Labute approximate surface area is 186 Å². The lowest BCUT2D eigenvalue weighted by atomic mass is 10.1. The van der Waals surface area contributed by atoms with E-state index in [1.807, 2.05) is 36.4 Å². The molecule has 1 amide bonds. The van der Waals surface area contributed by atoms with Gasteiger partial charge in [-0.15, -0.1) is 0 Å². The zero-order chi connectivity index (χ0) is 22.6. The van der Waals surface area contributed by atoms with Crippen molar-refractivity contribution in [2.75, 3.05) is 31.2 Å². The van der Waals surface area contributed by atoms with Crippen LogP contribution in [0.25, 0.3) is 10.9 Å². The highest BCUT2D eigenvalue weighted by molar-refractivity contribution is 7.89. The summed E-state index contributed by atoms with van der Waals surface area (Å²) in [6, 6.07) is 14.4. The maximum absolute atomic E-state index is 12.9. The van der Waals surface area contributed by atoms with Crippen LogP contribution >= 0.6 is 0 Å². The van der Waals surface area contributed by atoms with Gasteiger partial charge in [0.2, 0.25) is 15.9 Å². The molecule has 0 spiro atoms. The van der Waals surface area contributed by atoms with E-state index in [2.05, 4.69) is 14.6 Å². The number of nitrogens with zero attached hydrogens (tertiary/aromatic N) is 1. The number of rotatable bonds is 8. The predicted octanol–water partition coefficient (Wildman–Crippen LogP) is 1.92. The number of sulfonamides is 1. The van der Waals surface area contributed by atoms with Crippen molar-refractivity contribution in [2.24, 2.45) is 0 Å². The molecule has 1 saturated heterocycles. The molecule has 1 fully saturated rings. The molecule has 0 radical (unpaired) electrons. The van der Waals surface area contributed by atoms with Crippen LogP contribution in [0.15, 0.2) is 53.4 Å². The number of carbonyl (C=O) groups is 1. The van der Waals surface area contributed by atoms with Gasteiger partial charge >= 0.3 is 0 Å². The van der Waals surface area contributed by atoms with Crippen LogP contribution in [0.5, 0.6) is 0 Å². The number of anilines is 1. The molecule has 4 rings (SSSR count). The van der Waals surface area contributed by atoms with Gasteiger partial charge in [-0.25, -0.2) is 18.6 Å². The largest absolute Gasteiger partial charge is 0.378 e. The third kappa shape index (κ3) is 4.94. The maximum atomic E-state index is 12.9. The van der Waals surface area contributed by atoms with E-state index in [9.17, 15) is 13.2 Å². The van der Waals surface area contributed by atoms with Crippen molar-refractivity contribution in [1.29, 1.82) is 0 Å². The van der Waals surface area contributed by atoms with E-state index in [-0.39, 0.29) is 17.9 Å². The van der Waals surface area contributed by atoms with Crippen LogP contribution in [0.1, 0.15) is 17.7 Å². The van der Waals surface area contributed by atoms with E-state index in [1.165, 1.54) is 0 Å². The molecule has 0 aliphatic carbocycles. The van der Waals surface area contributed by atoms with Gasteiger partial charge in [-0.05, 0) is 42.3 Å². The number of para-hydroxylation sites is 1. The lowest BCUT2D eigenvalue weighted by Gasteiger charge is -2.28. The van der Waals surface area contributed by atoms with Gasteiger partial charge in [0.05, 0.1) is 24.7 Å². The Hall–Kier alpha value is -2.92. The lowest BCUT2D eigenvalue weighted by molar-refractivity contribution is -0.129. The molecule has 10 heteroatoms. The number of benzene rings is 2. The Morgan fingerprint density at radius 2 is 1.81 bits per heavy atom. The highest BCUT2D eigenvalue weighted by Crippen LogP contribution is 2.25. The molecule has 2 heterocycles. The molecule has 2 aromatic carbocycles. The van der Waals surface area contributed by atoms with Gasteiger partial charge in [-0.2, -0.15) is 0 Å².